The van der Waals surface area contributed by atoms with Crippen molar-refractivity contribution in [2.75, 3.05) is 25.5 Å². The highest BCUT2D eigenvalue weighted by Gasteiger charge is 2.33. The first kappa shape index (κ1) is 20.8. The van der Waals surface area contributed by atoms with Crippen molar-refractivity contribution in [3.8, 4) is 0 Å². The van der Waals surface area contributed by atoms with E-state index in [1.807, 2.05) is 58.0 Å². The van der Waals surface area contributed by atoms with Gasteiger partial charge in [0, 0.05) is 12.2 Å². The Balaban J connectivity index is 0.00000243. The molecule has 1 amide bonds. The highest BCUT2D eigenvalue weighted by Crippen LogP contribution is 2.32. The van der Waals surface area contributed by atoms with Crippen LogP contribution in [0.5, 0.6) is 0 Å². The molecular weight excluding hydrogens is 441 g/mol. The van der Waals surface area contributed by atoms with Gasteiger partial charge in [-0.2, -0.15) is 0 Å². The lowest BCUT2D eigenvalue weighted by atomic mass is 9.95. The van der Waals surface area contributed by atoms with E-state index >= 15 is 0 Å². The highest BCUT2D eigenvalue weighted by molar-refractivity contribution is 14.0. The maximum atomic E-state index is 13.3. The zero-order valence-electron chi connectivity index (χ0n) is 16.1. The summed E-state index contributed by atoms with van der Waals surface area (Å²) >= 11 is 0. The fourth-order valence-electron chi connectivity index (χ4n) is 3.29. The largest absolute Gasteiger partial charge is 0.307 e. The summed E-state index contributed by atoms with van der Waals surface area (Å²) in [5.41, 5.74) is 2.41. The van der Waals surface area contributed by atoms with E-state index in [1.54, 1.807) is 10.9 Å². The molecule has 0 saturated carbocycles. The van der Waals surface area contributed by atoms with E-state index in [-0.39, 0.29) is 41.5 Å². The van der Waals surface area contributed by atoms with Crippen LogP contribution >= 0.6 is 24.0 Å². The molecule has 142 valence electrons. The third kappa shape index (κ3) is 4.25. The Kier molecular flexibility index (Phi) is 6.44. The second kappa shape index (κ2) is 8.04. The first-order valence-corrected chi connectivity index (χ1v) is 8.76. The Hall–Kier alpha value is -1.48. The normalized spacial score (nSPS) is 17.0. The Bertz CT molecular complexity index is 765. The van der Waals surface area contributed by atoms with Gasteiger partial charge in [-0.25, -0.2) is 4.68 Å². The molecule has 3 rings (SSSR count). The number of aromatic nitrogens is 3. The minimum atomic E-state index is -0.200. The van der Waals surface area contributed by atoms with Crippen LogP contribution in [0.2, 0.25) is 0 Å². The van der Waals surface area contributed by atoms with Gasteiger partial charge < -0.3 is 9.80 Å². The van der Waals surface area contributed by atoms with Crippen LogP contribution in [0.25, 0.3) is 0 Å². The summed E-state index contributed by atoms with van der Waals surface area (Å²) < 4.78 is 1.75. The number of aryl methyl sites for hydroxylation is 1. The van der Waals surface area contributed by atoms with E-state index in [1.165, 1.54) is 5.56 Å². The van der Waals surface area contributed by atoms with E-state index in [0.717, 1.165) is 25.1 Å². The Morgan fingerprint density at radius 2 is 1.96 bits per heavy atom. The van der Waals surface area contributed by atoms with Crippen LogP contribution in [0.3, 0.4) is 0 Å². The Morgan fingerprint density at radius 3 is 2.58 bits per heavy atom. The number of benzene rings is 1. The summed E-state index contributed by atoms with van der Waals surface area (Å²) in [5, 5.41) is 8.31. The van der Waals surface area contributed by atoms with Crippen molar-refractivity contribution in [3.63, 3.8) is 0 Å². The van der Waals surface area contributed by atoms with E-state index < -0.39 is 0 Å². The summed E-state index contributed by atoms with van der Waals surface area (Å²) in [6.45, 7) is 6.95. The number of fused-ring (bicyclic) bond motifs is 1. The summed E-state index contributed by atoms with van der Waals surface area (Å²) in [4.78, 5) is 17.3. The predicted octanol–water partition coefficient (Wildman–Crippen LogP) is 3.17. The fraction of sp³-hybridized carbons (Fsp3) is 0.526. The lowest BCUT2D eigenvalue weighted by Crippen LogP contribution is -2.48. The lowest BCUT2D eigenvalue weighted by molar-refractivity contribution is 0.0963. The number of amides is 1. The SMILES string of the molecule is CN(C)CC1CCc2ccccc2N1C(=O)c1cn(C(C)(C)C)nn1.I. The minimum Gasteiger partial charge on any atom is -0.307 e. The minimum absolute atomic E-state index is 0. The maximum absolute atomic E-state index is 13.3. The quantitative estimate of drug-likeness (QED) is 0.649. The van der Waals surface area contributed by atoms with Crippen LogP contribution in [0.1, 0.15) is 43.2 Å². The van der Waals surface area contributed by atoms with Crippen molar-refractivity contribution in [1.29, 1.82) is 0 Å². The number of anilines is 1. The molecule has 0 N–H and O–H groups in total. The van der Waals surface area contributed by atoms with Gasteiger partial charge in [0.25, 0.3) is 5.91 Å². The average Bonchev–Trinajstić information content (AvgIpc) is 3.04. The summed E-state index contributed by atoms with van der Waals surface area (Å²) in [6, 6.07) is 8.29. The zero-order valence-corrected chi connectivity index (χ0v) is 18.5. The number of halogens is 1. The number of carbonyl (C=O) groups excluding carboxylic acids is 1. The lowest BCUT2D eigenvalue weighted by Gasteiger charge is -2.38. The highest BCUT2D eigenvalue weighted by atomic mass is 127. The maximum Gasteiger partial charge on any atom is 0.280 e. The molecule has 1 atom stereocenters. The Labute approximate surface area is 172 Å². The molecule has 0 aliphatic carbocycles. The molecule has 1 aromatic heterocycles. The van der Waals surface area contributed by atoms with Crippen LogP contribution in [0, 0.1) is 0 Å². The smallest absolute Gasteiger partial charge is 0.280 e. The van der Waals surface area contributed by atoms with E-state index in [9.17, 15) is 4.79 Å². The molecule has 7 heteroatoms. The number of para-hydroxylation sites is 1. The zero-order chi connectivity index (χ0) is 18.2. The monoisotopic (exact) mass is 469 g/mol. The van der Waals surface area contributed by atoms with Gasteiger partial charge in [0.1, 0.15) is 0 Å². The van der Waals surface area contributed by atoms with Crippen molar-refractivity contribution >= 4 is 35.6 Å². The molecule has 1 aliphatic heterocycles. The van der Waals surface area contributed by atoms with Crippen molar-refractivity contribution < 1.29 is 4.79 Å². The fourth-order valence-corrected chi connectivity index (χ4v) is 3.29. The molecule has 0 radical (unpaired) electrons. The second-order valence-electron chi connectivity index (χ2n) is 7.98. The van der Waals surface area contributed by atoms with Crippen LogP contribution < -0.4 is 4.90 Å². The van der Waals surface area contributed by atoms with Gasteiger partial charge in [0.15, 0.2) is 5.69 Å². The topological polar surface area (TPSA) is 54.3 Å². The first-order valence-electron chi connectivity index (χ1n) is 8.76. The van der Waals surface area contributed by atoms with Gasteiger partial charge in [0.05, 0.1) is 17.8 Å². The molecule has 0 bridgehead atoms. The number of carbonyl (C=O) groups is 1. The van der Waals surface area contributed by atoms with Crippen molar-refractivity contribution in [2.24, 2.45) is 0 Å². The molecule has 1 unspecified atom stereocenters. The van der Waals surface area contributed by atoms with E-state index in [2.05, 4.69) is 21.3 Å². The molecule has 1 aliphatic rings. The van der Waals surface area contributed by atoms with Crippen LogP contribution in [0.15, 0.2) is 30.5 Å². The molecule has 6 nitrogen and oxygen atoms in total. The van der Waals surface area contributed by atoms with Gasteiger partial charge in [0.2, 0.25) is 0 Å². The van der Waals surface area contributed by atoms with Crippen molar-refractivity contribution in [2.45, 2.75) is 45.2 Å². The van der Waals surface area contributed by atoms with Gasteiger partial charge in [-0.05, 0) is 59.3 Å². The number of hydrogen-bond acceptors (Lipinski definition) is 4. The van der Waals surface area contributed by atoms with Crippen molar-refractivity contribution in [3.05, 3.63) is 41.7 Å². The molecule has 0 fully saturated rings. The standard InChI is InChI=1S/C19H27N5O.HI/c1-19(2,3)23-13-16(20-21-23)18(25)24-15(12-22(4)5)11-10-14-8-6-7-9-17(14)24;/h6-9,13,15H,10-12H2,1-5H3;1H. The molecular formula is C19H28IN5O. The molecule has 2 heterocycles. The molecule has 1 aromatic carbocycles. The number of likely N-dealkylation sites (N-methyl/N-ethyl adjacent to an activating group) is 1. The third-order valence-electron chi connectivity index (χ3n) is 4.56. The van der Waals surface area contributed by atoms with Crippen molar-refractivity contribution in [1.82, 2.24) is 19.9 Å². The summed E-state index contributed by atoms with van der Waals surface area (Å²) in [5.74, 6) is -0.0745. The van der Waals surface area contributed by atoms with Gasteiger partial charge >= 0.3 is 0 Å². The van der Waals surface area contributed by atoms with Gasteiger partial charge in [-0.15, -0.1) is 29.1 Å². The van der Waals surface area contributed by atoms with E-state index in [4.69, 9.17) is 0 Å². The number of hydrogen-bond donors (Lipinski definition) is 0. The third-order valence-corrected chi connectivity index (χ3v) is 4.56. The number of nitrogens with zero attached hydrogens (tertiary/aromatic N) is 5. The van der Waals surface area contributed by atoms with E-state index in [0.29, 0.717) is 5.69 Å². The first-order chi connectivity index (χ1) is 11.8. The number of rotatable bonds is 3. The van der Waals surface area contributed by atoms with Crippen LogP contribution in [-0.4, -0.2) is 52.5 Å². The predicted molar refractivity (Wildman–Crippen MR) is 114 cm³/mol. The molecule has 0 saturated heterocycles. The molecule has 26 heavy (non-hydrogen) atoms. The van der Waals surface area contributed by atoms with Crippen LogP contribution in [0.4, 0.5) is 5.69 Å². The molecule has 2 aromatic rings. The average molecular weight is 469 g/mol. The molecule has 0 spiro atoms. The van der Waals surface area contributed by atoms with Gasteiger partial charge in [-0.3, -0.25) is 4.79 Å². The summed E-state index contributed by atoms with van der Waals surface area (Å²) in [7, 11) is 4.08. The summed E-state index contributed by atoms with van der Waals surface area (Å²) in [6.07, 6.45) is 3.70. The second-order valence-corrected chi connectivity index (χ2v) is 7.98. The van der Waals surface area contributed by atoms with Gasteiger partial charge in [-0.1, -0.05) is 23.4 Å². The Morgan fingerprint density at radius 1 is 1.27 bits per heavy atom. The van der Waals surface area contributed by atoms with Crippen LogP contribution in [-0.2, 0) is 12.0 Å².